The Labute approximate surface area is 96.9 Å². The standard InChI is InChI=1S/C10H14BO4P/c1-3-13-16(12,14-4-2)15-10-7-5-6-9(11)8-10/h5-8H,3-4H2,1-2H3. The Hall–Kier alpha value is -0.765. The molecule has 0 bridgehead atoms. The van der Waals surface area contributed by atoms with Gasteiger partial charge in [0.05, 0.1) is 13.2 Å². The van der Waals surface area contributed by atoms with Gasteiger partial charge in [-0.15, -0.1) is 0 Å². The molecule has 6 heteroatoms. The van der Waals surface area contributed by atoms with Crippen LogP contribution in [0.15, 0.2) is 24.3 Å². The highest BCUT2D eigenvalue weighted by molar-refractivity contribution is 7.48. The monoisotopic (exact) mass is 240 g/mol. The molecule has 0 atom stereocenters. The number of benzene rings is 1. The van der Waals surface area contributed by atoms with Crippen LogP contribution in [0.1, 0.15) is 13.8 Å². The van der Waals surface area contributed by atoms with E-state index in [1.807, 2.05) is 0 Å². The Morgan fingerprint density at radius 1 is 1.25 bits per heavy atom. The third-order valence-electron chi connectivity index (χ3n) is 1.65. The maximum atomic E-state index is 12.0. The normalized spacial score (nSPS) is 11.4. The molecule has 0 heterocycles. The molecule has 0 fully saturated rings. The van der Waals surface area contributed by atoms with Gasteiger partial charge in [-0.05, 0) is 26.0 Å². The number of rotatable bonds is 6. The van der Waals surface area contributed by atoms with Crippen LogP contribution < -0.4 is 9.99 Å². The Kier molecular flexibility index (Phi) is 5.06. The van der Waals surface area contributed by atoms with E-state index in [0.29, 0.717) is 11.2 Å². The molecule has 86 valence electrons. The summed E-state index contributed by atoms with van der Waals surface area (Å²) in [6.07, 6.45) is 0. The first-order chi connectivity index (χ1) is 7.59. The summed E-state index contributed by atoms with van der Waals surface area (Å²) in [5.41, 5.74) is 0.525. The molecule has 0 saturated carbocycles. The molecule has 2 radical (unpaired) electrons. The van der Waals surface area contributed by atoms with Crippen molar-refractivity contribution in [3.8, 4) is 5.75 Å². The van der Waals surface area contributed by atoms with Crippen LogP contribution >= 0.6 is 7.82 Å². The largest absolute Gasteiger partial charge is 0.530 e. The number of hydrogen-bond donors (Lipinski definition) is 0. The fourth-order valence-electron chi connectivity index (χ4n) is 1.11. The van der Waals surface area contributed by atoms with Crippen LogP contribution in [0, 0.1) is 0 Å². The van der Waals surface area contributed by atoms with E-state index in [4.69, 9.17) is 21.4 Å². The minimum atomic E-state index is -3.52. The highest BCUT2D eigenvalue weighted by atomic mass is 31.2. The SMILES string of the molecule is [B]c1cccc(OP(=O)(OCC)OCC)c1. The predicted molar refractivity (Wildman–Crippen MR) is 63.3 cm³/mol. The van der Waals surface area contributed by atoms with Gasteiger partial charge in [0.15, 0.2) is 0 Å². The molecular formula is C10H14BO4P. The maximum absolute atomic E-state index is 12.0. The van der Waals surface area contributed by atoms with E-state index in [9.17, 15) is 4.57 Å². The van der Waals surface area contributed by atoms with Gasteiger partial charge in [0, 0.05) is 0 Å². The molecule has 0 aromatic heterocycles. The summed E-state index contributed by atoms with van der Waals surface area (Å²) < 4.78 is 27.1. The topological polar surface area (TPSA) is 44.8 Å². The van der Waals surface area contributed by atoms with Gasteiger partial charge >= 0.3 is 7.82 Å². The molecule has 1 aromatic rings. The van der Waals surface area contributed by atoms with Crippen LogP contribution in [0.5, 0.6) is 5.75 Å². The lowest BCUT2D eigenvalue weighted by atomic mass is 9.97. The molecule has 0 spiro atoms. The van der Waals surface area contributed by atoms with Crippen molar-refractivity contribution >= 4 is 21.1 Å². The zero-order chi connectivity index (χ0) is 12.0. The first kappa shape index (κ1) is 13.3. The lowest BCUT2D eigenvalue weighted by Crippen LogP contribution is -2.05. The summed E-state index contributed by atoms with van der Waals surface area (Å²) in [4.78, 5) is 0. The minimum Gasteiger partial charge on any atom is -0.404 e. The van der Waals surface area contributed by atoms with E-state index in [2.05, 4.69) is 0 Å². The molecule has 0 amide bonds. The van der Waals surface area contributed by atoms with Gasteiger partial charge in [-0.2, -0.15) is 0 Å². The average Bonchev–Trinajstić information content (AvgIpc) is 2.17. The second kappa shape index (κ2) is 6.09. The molecule has 0 unspecified atom stereocenters. The smallest absolute Gasteiger partial charge is 0.404 e. The van der Waals surface area contributed by atoms with E-state index in [0.717, 1.165) is 0 Å². The van der Waals surface area contributed by atoms with E-state index in [-0.39, 0.29) is 13.2 Å². The van der Waals surface area contributed by atoms with Crippen LogP contribution in [0.2, 0.25) is 0 Å². The highest BCUT2D eigenvalue weighted by Crippen LogP contribution is 2.48. The second-order valence-electron chi connectivity index (χ2n) is 2.95. The van der Waals surface area contributed by atoms with E-state index in [1.54, 1.807) is 38.1 Å². The van der Waals surface area contributed by atoms with Crippen molar-refractivity contribution in [1.82, 2.24) is 0 Å². The van der Waals surface area contributed by atoms with Gasteiger partial charge in [0.1, 0.15) is 13.6 Å². The number of hydrogen-bond acceptors (Lipinski definition) is 4. The van der Waals surface area contributed by atoms with Gasteiger partial charge in [-0.25, -0.2) is 4.57 Å². The Morgan fingerprint density at radius 2 is 1.88 bits per heavy atom. The molecule has 0 aliphatic rings. The first-order valence-electron chi connectivity index (χ1n) is 5.04. The second-order valence-corrected chi connectivity index (χ2v) is 4.54. The fourth-order valence-corrected chi connectivity index (χ4v) is 2.29. The summed E-state index contributed by atoms with van der Waals surface area (Å²) in [7, 11) is 2.06. The summed E-state index contributed by atoms with van der Waals surface area (Å²) in [5, 5.41) is 0. The Balaban J connectivity index is 2.79. The molecule has 0 aliphatic carbocycles. The fraction of sp³-hybridized carbons (Fsp3) is 0.400. The molecule has 0 saturated heterocycles. The predicted octanol–water partition coefficient (Wildman–Crippen LogP) is 2.04. The summed E-state index contributed by atoms with van der Waals surface area (Å²) in [5.74, 6) is 0.366. The Morgan fingerprint density at radius 3 is 2.38 bits per heavy atom. The van der Waals surface area contributed by atoms with Crippen molar-refractivity contribution in [3.63, 3.8) is 0 Å². The summed E-state index contributed by atoms with van der Waals surface area (Å²) >= 11 is 0. The number of phosphoric acid groups is 1. The van der Waals surface area contributed by atoms with Crippen molar-refractivity contribution in [2.24, 2.45) is 0 Å². The lowest BCUT2D eigenvalue weighted by molar-refractivity contribution is 0.167. The number of phosphoric ester groups is 1. The van der Waals surface area contributed by atoms with Gasteiger partial charge < -0.3 is 4.52 Å². The minimum absolute atomic E-state index is 0.250. The third kappa shape index (κ3) is 4.01. The third-order valence-corrected chi connectivity index (χ3v) is 3.23. The molecular weight excluding hydrogens is 226 g/mol. The van der Waals surface area contributed by atoms with Gasteiger partial charge in [0.25, 0.3) is 0 Å². The zero-order valence-electron chi connectivity index (χ0n) is 9.38. The van der Waals surface area contributed by atoms with Crippen LogP contribution in [0.4, 0.5) is 0 Å². The highest BCUT2D eigenvalue weighted by Gasteiger charge is 2.27. The van der Waals surface area contributed by atoms with Crippen molar-refractivity contribution in [2.45, 2.75) is 13.8 Å². The van der Waals surface area contributed by atoms with Crippen LogP contribution in [-0.4, -0.2) is 21.1 Å². The molecule has 0 N–H and O–H groups in total. The Bertz CT molecular complexity index is 373. The quantitative estimate of drug-likeness (QED) is 0.563. The molecule has 0 aliphatic heterocycles. The molecule has 4 nitrogen and oxygen atoms in total. The van der Waals surface area contributed by atoms with Crippen LogP contribution in [-0.2, 0) is 13.6 Å². The van der Waals surface area contributed by atoms with E-state index >= 15 is 0 Å². The van der Waals surface area contributed by atoms with Gasteiger partial charge in [-0.1, -0.05) is 17.6 Å². The lowest BCUT2D eigenvalue weighted by Gasteiger charge is -2.17. The maximum Gasteiger partial charge on any atom is 0.530 e. The van der Waals surface area contributed by atoms with Crippen molar-refractivity contribution in [1.29, 1.82) is 0 Å². The first-order valence-corrected chi connectivity index (χ1v) is 6.50. The molecule has 1 rings (SSSR count). The summed E-state index contributed by atoms with van der Waals surface area (Å²) in [6, 6.07) is 6.61. The average molecular weight is 240 g/mol. The van der Waals surface area contributed by atoms with Crippen LogP contribution in [0.3, 0.4) is 0 Å². The van der Waals surface area contributed by atoms with Crippen molar-refractivity contribution in [3.05, 3.63) is 24.3 Å². The van der Waals surface area contributed by atoms with Gasteiger partial charge in [0.2, 0.25) is 0 Å². The van der Waals surface area contributed by atoms with Gasteiger partial charge in [-0.3, -0.25) is 9.05 Å². The zero-order valence-corrected chi connectivity index (χ0v) is 10.3. The van der Waals surface area contributed by atoms with E-state index in [1.165, 1.54) is 0 Å². The van der Waals surface area contributed by atoms with Crippen molar-refractivity contribution in [2.75, 3.05) is 13.2 Å². The summed E-state index contributed by atoms with van der Waals surface area (Å²) in [6.45, 7) is 3.93. The molecule has 1 aromatic carbocycles. The van der Waals surface area contributed by atoms with Crippen molar-refractivity contribution < 1.29 is 18.1 Å². The molecule has 16 heavy (non-hydrogen) atoms. The van der Waals surface area contributed by atoms with E-state index < -0.39 is 7.82 Å². The van der Waals surface area contributed by atoms with Crippen LogP contribution in [0.25, 0.3) is 0 Å².